The average molecular weight is 415 g/mol. The summed E-state index contributed by atoms with van der Waals surface area (Å²) in [4.78, 5) is 11.9. The normalized spacial score (nSPS) is 19.6. The van der Waals surface area contributed by atoms with Crippen molar-refractivity contribution in [3.8, 4) is 5.75 Å². The molecule has 1 aromatic carbocycles. The molecule has 11 heteroatoms. The van der Waals surface area contributed by atoms with Gasteiger partial charge in [0.2, 0.25) is 5.91 Å². The Kier molecular flexibility index (Phi) is 6.00. The summed E-state index contributed by atoms with van der Waals surface area (Å²) in [6.07, 6.45) is -0.241. The van der Waals surface area contributed by atoms with Gasteiger partial charge in [-0.15, -0.1) is 10.2 Å². The number of hydrogen-bond acceptors (Lipinski definition) is 8. The lowest BCUT2D eigenvalue weighted by atomic mass is 10.3. The maximum Gasteiger partial charge on any atom is 0.277 e. The molecule has 2 atom stereocenters. The number of hydrogen-bond donors (Lipinski definition) is 1. The number of amides is 1. The van der Waals surface area contributed by atoms with E-state index in [4.69, 9.17) is 9.15 Å². The molecule has 0 bridgehead atoms. The van der Waals surface area contributed by atoms with Crippen molar-refractivity contribution in [1.82, 2.24) is 15.5 Å². The smallest absolute Gasteiger partial charge is 0.277 e. The molecule has 3 rings (SSSR count). The van der Waals surface area contributed by atoms with Crippen molar-refractivity contribution in [2.45, 2.75) is 30.7 Å². The summed E-state index contributed by atoms with van der Waals surface area (Å²) in [5.41, 5.74) is 0. The molecule has 1 aromatic heterocycles. The largest absolute Gasteiger partial charge is 0.478 e. The van der Waals surface area contributed by atoms with Gasteiger partial charge in [-0.25, -0.2) is 12.8 Å². The fourth-order valence-corrected chi connectivity index (χ4v) is 4.78. The van der Waals surface area contributed by atoms with Crippen LogP contribution in [-0.2, 0) is 14.6 Å². The van der Waals surface area contributed by atoms with Gasteiger partial charge in [0.05, 0.1) is 17.3 Å². The number of rotatable bonds is 7. The number of carbonyl (C=O) groups excluding carboxylic acids is 1. The van der Waals surface area contributed by atoms with E-state index in [1.54, 1.807) is 19.1 Å². The molecule has 0 radical (unpaired) electrons. The number of nitrogens with zero attached hydrogens (tertiary/aromatic N) is 2. The number of sulfone groups is 1. The van der Waals surface area contributed by atoms with Crippen LogP contribution in [0.3, 0.4) is 0 Å². The maximum absolute atomic E-state index is 13.6. The zero-order valence-electron chi connectivity index (χ0n) is 14.4. The van der Waals surface area contributed by atoms with Crippen LogP contribution < -0.4 is 10.1 Å². The van der Waals surface area contributed by atoms with Crippen LogP contribution in [0, 0.1) is 5.82 Å². The van der Waals surface area contributed by atoms with Crippen LogP contribution in [0.4, 0.5) is 4.39 Å². The van der Waals surface area contributed by atoms with E-state index in [0.29, 0.717) is 6.42 Å². The Hall–Kier alpha value is -2.14. The Morgan fingerprint density at radius 2 is 2.22 bits per heavy atom. The first-order valence-electron chi connectivity index (χ1n) is 8.19. The van der Waals surface area contributed by atoms with Crippen molar-refractivity contribution in [3.63, 3.8) is 0 Å². The minimum absolute atomic E-state index is 0.0146. The molecule has 2 heterocycles. The van der Waals surface area contributed by atoms with E-state index in [1.807, 2.05) is 0 Å². The van der Waals surface area contributed by atoms with Crippen LogP contribution in [0.5, 0.6) is 5.75 Å². The van der Waals surface area contributed by atoms with Gasteiger partial charge in [0, 0.05) is 6.04 Å². The Labute approximate surface area is 159 Å². The first-order chi connectivity index (χ1) is 12.8. The highest BCUT2D eigenvalue weighted by Gasteiger charge is 2.29. The molecule has 2 aromatic rings. The number of thioether (sulfide) groups is 1. The van der Waals surface area contributed by atoms with Gasteiger partial charge in [0.15, 0.2) is 27.5 Å². The van der Waals surface area contributed by atoms with Crippen molar-refractivity contribution >= 4 is 27.5 Å². The summed E-state index contributed by atoms with van der Waals surface area (Å²) in [7, 11) is -3.05. The molecular weight excluding hydrogens is 397 g/mol. The van der Waals surface area contributed by atoms with Gasteiger partial charge in [0.25, 0.3) is 11.1 Å². The summed E-state index contributed by atoms with van der Waals surface area (Å²) in [6.45, 7) is 1.64. The lowest BCUT2D eigenvalue weighted by Gasteiger charge is -2.11. The second-order valence-corrected chi connectivity index (χ2v) is 9.21. The predicted octanol–water partition coefficient (Wildman–Crippen LogP) is 1.74. The third-order valence-electron chi connectivity index (χ3n) is 3.83. The van der Waals surface area contributed by atoms with E-state index in [0.717, 1.165) is 11.8 Å². The summed E-state index contributed by atoms with van der Waals surface area (Å²) < 4.78 is 47.3. The molecule has 1 aliphatic heterocycles. The monoisotopic (exact) mass is 415 g/mol. The predicted molar refractivity (Wildman–Crippen MR) is 95.7 cm³/mol. The van der Waals surface area contributed by atoms with Crippen molar-refractivity contribution in [1.29, 1.82) is 0 Å². The van der Waals surface area contributed by atoms with E-state index in [9.17, 15) is 17.6 Å². The maximum atomic E-state index is 13.6. The molecule has 1 amide bonds. The fraction of sp³-hybridized carbons (Fsp3) is 0.438. The van der Waals surface area contributed by atoms with Crippen LogP contribution in [0.1, 0.15) is 25.3 Å². The van der Waals surface area contributed by atoms with E-state index in [-0.39, 0.29) is 46.1 Å². The third-order valence-corrected chi connectivity index (χ3v) is 6.42. The standard InChI is InChI=1S/C16H18FN3O5S2/c1-10(24-13-5-3-2-4-12(13)17)15-19-20-16(25-15)26-8-14(21)18-11-6-7-27(22,23)9-11/h2-5,10-11H,6-9H2,1H3,(H,18,21)/t10-,11-/m1/s1. The van der Waals surface area contributed by atoms with Crippen molar-refractivity contribution in [2.75, 3.05) is 17.3 Å². The first-order valence-corrected chi connectivity index (χ1v) is 11.0. The van der Waals surface area contributed by atoms with Gasteiger partial charge < -0.3 is 14.5 Å². The van der Waals surface area contributed by atoms with Gasteiger partial charge in [-0.05, 0) is 25.5 Å². The first kappa shape index (κ1) is 19.6. The molecule has 1 fully saturated rings. The van der Waals surface area contributed by atoms with Crippen LogP contribution >= 0.6 is 11.8 Å². The number of halogens is 1. The Morgan fingerprint density at radius 1 is 1.44 bits per heavy atom. The molecule has 0 aliphatic carbocycles. The summed E-state index contributed by atoms with van der Waals surface area (Å²) in [5, 5.41) is 10.5. The Morgan fingerprint density at radius 3 is 2.93 bits per heavy atom. The Balaban J connectivity index is 1.49. The molecule has 1 N–H and O–H groups in total. The average Bonchev–Trinajstić information content (AvgIpc) is 3.21. The highest BCUT2D eigenvalue weighted by molar-refractivity contribution is 7.99. The summed E-state index contributed by atoms with van der Waals surface area (Å²) in [5.74, 6) is -0.495. The minimum Gasteiger partial charge on any atom is -0.478 e. The topological polar surface area (TPSA) is 111 Å². The quantitative estimate of drug-likeness (QED) is 0.681. The summed E-state index contributed by atoms with van der Waals surface area (Å²) >= 11 is 1.03. The minimum atomic E-state index is -3.05. The van der Waals surface area contributed by atoms with Crippen LogP contribution in [0.25, 0.3) is 0 Å². The number of aromatic nitrogens is 2. The molecule has 0 saturated carbocycles. The van der Waals surface area contributed by atoms with Crippen LogP contribution in [-0.4, -0.2) is 47.8 Å². The number of nitrogens with one attached hydrogen (secondary N) is 1. The van der Waals surface area contributed by atoms with E-state index in [2.05, 4.69) is 15.5 Å². The number of para-hydroxylation sites is 1. The highest BCUT2D eigenvalue weighted by atomic mass is 32.2. The van der Waals surface area contributed by atoms with Gasteiger partial charge in [0.1, 0.15) is 0 Å². The van der Waals surface area contributed by atoms with Gasteiger partial charge >= 0.3 is 0 Å². The molecule has 1 saturated heterocycles. The molecule has 0 spiro atoms. The lowest BCUT2D eigenvalue weighted by molar-refractivity contribution is -0.119. The van der Waals surface area contributed by atoms with Crippen molar-refractivity contribution in [3.05, 3.63) is 36.0 Å². The molecule has 146 valence electrons. The third kappa shape index (κ3) is 5.42. The van der Waals surface area contributed by atoms with E-state index < -0.39 is 21.8 Å². The number of ether oxygens (including phenoxy) is 1. The molecule has 0 unspecified atom stereocenters. The SMILES string of the molecule is C[C@@H](Oc1ccccc1F)c1nnc(SCC(=O)N[C@@H]2CCS(=O)(=O)C2)o1. The number of benzene rings is 1. The zero-order chi connectivity index (χ0) is 19.4. The van der Waals surface area contributed by atoms with Crippen LogP contribution in [0.2, 0.25) is 0 Å². The van der Waals surface area contributed by atoms with Crippen molar-refractivity contribution < 1.29 is 26.8 Å². The van der Waals surface area contributed by atoms with Gasteiger partial charge in [-0.3, -0.25) is 4.79 Å². The highest BCUT2D eigenvalue weighted by Crippen LogP contribution is 2.25. The summed E-state index contributed by atoms with van der Waals surface area (Å²) in [6, 6.07) is 5.63. The molecule has 27 heavy (non-hydrogen) atoms. The lowest BCUT2D eigenvalue weighted by Crippen LogP contribution is -2.36. The second-order valence-electron chi connectivity index (χ2n) is 6.05. The Bertz CT molecular complexity index is 918. The van der Waals surface area contributed by atoms with Gasteiger partial charge in [-0.2, -0.15) is 0 Å². The molecule has 8 nitrogen and oxygen atoms in total. The van der Waals surface area contributed by atoms with E-state index in [1.165, 1.54) is 12.1 Å². The number of carbonyl (C=O) groups is 1. The van der Waals surface area contributed by atoms with Crippen molar-refractivity contribution in [2.24, 2.45) is 0 Å². The van der Waals surface area contributed by atoms with E-state index >= 15 is 0 Å². The zero-order valence-corrected chi connectivity index (χ0v) is 16.1. The van der Waals surface area contributed by atoms with Gasteiger partial charge in [-0.1, -0.05) is 23.9 Å². The molecule has 1 aliphatic rings. The second kappa shape index (κ2) is 8.26. The molecular formula is C16H18FN3O5S2. The fourth-order valence-electron chi connectivity index (χ4n) is 2.53. The van der Waals surface area contributed by atoms with Crippen LogP contribution in [0.15, 0.2) is 33.9 Å².